The molecular weight excluding hydrogens is 1610 g/mol. The first-order valence-corrected chi connectivity index (χ1v) is 47.8. The predicted octanol–water partition coefficient (Wildman–Crippen LogP) is 19.1. The molecule has 14 aromatic rings. The van der Waals surface area contributed by atoms with Crippen molar-refractivity contribution in [3.8, 4) is 124 Å². The Morgan fingerprint density at radius 1 is 0.315 bits per heavy atom. The van der Waals surface area contributed by atoms with Gasteiger partial charge < -0.3 is 10.0 Å². The van der Waals surface area contributed by atoms with Crippen LogP contribution in [0.2, 0.25) is 5.02 Å². The number of alkyl halides is 1. The van der Waals surface area contributed by atoms with Crippen LogP contribution in [-0.2, 0) is 10.8 Å². The van der Waals surface area contributed by atoms with Gasteiger partial charge in [0.2, 0.25) is 0 Å². The first-order valence-electron chi connectivity index (χ1n) is 39.0. The summed E-state index contributed by atoms with van der Waals surface area (Å²) in [6, 6.07) is 92.7. The first kappa shape index (κ1) is 71.6. The van der Waals surface area contributed by atoms with Crippen LogP contribution in [0.4, 0.5) is 0 Å². The molecule has 24 rings (SSSR count). The second-order valence-electron chi connectivity index (χ2n) is 31.6. The summed E-state index contributed by atoms with van der Waals surface area (Å²) >= 11 is 9.43. The largest absolute Gasteiger partial charge is 0.488 e. The summed E-state index contributed by atoms with van der Waals surface area (Å²) in [5.41, 5.74) is 24.6. The van der Waals surface area contributed by atoms with E-state index in [-0.39, 0.29) is 10.8 Å². The number of hydrogen-bond acceptors (Lipinski definition) is 10. The Balaban J connectivity index is 0.000000120. The summed E-state index contributed by atoms with van der Waals surface area (Å²) in [4.78, 5) is 40.5. The second-order valence-corrected chi connectivity index (χ2v) is 38.3. The van der Waals surface area contributed by atoms with E-state index in [0.717, 1.165) is 109 Å². The second kappa shape index (κ2) is 30.4. The van der Waals surface area contributed by atoms with Crippen LogP contribution in [0.15, 0.2) is 292 Å². The summed E-state index contributed by atoms with van der Waals surface area (Å²) in [7, 11) is -1.39. The molecule has 0 aliphatic heterocycles. The molecular formula is C97H81BClI2N8O2-. The van der Waals surface area contributed by atoms with E-state index in [1.807, 2.05) is 158 Å². The van der Waals surface area contributed by atoms with Crippen molar-refractivity contribution in [3.05, 3.63) is 319 Å². The van der Waals surface area contributed by atoms with Gasteiger partial charge in [0.15, 0.2) is 34.9 Å². The zero-order chi connectivity index (χ0) is 74.7. The molecule has 10 nitrogen and oxygen atoms in total. The number of pyridine rings is 2. The van der Waals surface area contributed by atoms with Crippen molar-refractivity contribution in [1.29, 1.82) is 0 Å². The average molecular weight is 1690 g/mol. The molecule has 4 aromatic heterocycles. The smallest absolute Gasteiger partial charge is 0.423 e. The van der Waals surface area contributed by atoms with Gasteiger partial charge >= 0.3 is 47.9 Å². The van der Waals surface area contributed by atoms with Gasteiger partial charge in [0, 0.05) is 85.1 Å². The van der Waals surface area contributed by atoms with Crippen molar-refractivity contribution in [2.24, 2.45) is 47.3 Å². The van der Waals surface area contributed by atoms with E-state index in [9.17, 15) is 10.0 Å². The molecule has 10 aliphatic carbocycles. The van der Waals surface area contributed by atoms with Crippen molar-refractivity contribution in [2.45, 2.75) is 75.0 Å². The molecule has 10 aromatic carbocycles. The fourth-order valence-corrected chi connectivity index (χ4v) is 21.8. The number of halogens is 3. The van der Waals surface area contributed by atoms with Gasteiger partial charge in [-0.25, -0.2) is 29.9 Å². The van der Waals surface area contributed by atoms with Crippen molar-refractivity contribution < 1.29 is 27.3 Å². The van der Waals surface area contributed by atoms with E-state index in [0.29, 0.717) is 62.7 Å². The molecule has 8 fully saturated rings. The molecule has 0 amide bonds. The van der Waals surface area contributed by atoms with Crippen LogP contribution in [0.5, 0.6) is 0 Å². The van der Waals surface area contributed by atoms with Gasteiger partial charge in [0.05, 0.1) is 0 Å². The quantitative estimate of drug-likeness (QED) is 0.0771. The number of fused-ring (bicyclic) bond motifs is 6. The number of hydrogen-bond donors (Lipinski definition) is 2. The van der Waals surface area contributed by atoms with E-state index < -0.39 is 7.12 Å². The van der Waals surface area contributed by atoms with E-state index in [2.05, 4.69) is 161 Å². The van der Waals surface area contributed by atoms with Crippen molar-refractivity contribution >= 4 is 42.8 Å². The topological polar surface area (TPSA) is 144 Å². The maximum absolute atomic E-state index is 9.77. The van der Waals surface area contributed by atoms with Gasteiger partial charge in [-0.2, -0.15) is 0 Å². The Bertz CT molecular complexity index is 5600. The zero-order valence-electron chi connectivity index (χ0n) is 61.6. The van der Waals surface area contributed by atoms with Gasteiger partial charge in [-0.15, -0.1) is 0 Å². The molecule has 0 saturated heterocycles. The van der Waals surface area contributed by atoms with Crippen LogP contribution >= 0.6 is 30.2 Å². The van der Waals surface area contributed by atoms with Gasteiger partial charge in [0.25, 0.3) is 0 Å². The molecule has 8 bridgehead atoms. The summed E-state index contributed by atoms with van der Waals surface area (Å²) in [6.45, 7) is 0. The van der Waals surface area contributed by atoms with Crippen LogP contribution in [0.25, 0.3) is 124 Å². The standard InChI is InChI=1S/C48H38N4.C26H17ClN4.C22H23BO2.CH3I2/c1-3-10-32(11-4-1)45-50-46(33-12-5-2-6-13-33)52-47(51-45)38-26-36(25-37(27-38)35-14-9-19-49-29-35)34-17-18-42-41-15-7-8-16-43(41)48(44(42)28-34)39-21-30-20-31(23-39)24-40(48)22-30;27-23-15-21(20-12-7-13-28-17-20)14-22(16-23)26-30-24(18-8-3-1-4-9-18)29-25(31-26)19-10-5-2-6-11-19;24-23(25)17-5-6-19-18-3-1-2-4-20(18)22(21(19)12-17)15-8-13-7-14(10-15)11-16(22)9-13;1-3-2/h1-19,25-31,39-40H,20-24H2;1-17H;1-6,12-16,24-25H,7-11H2;1H3/q;;;-1. The van der Waals surface area contributed by atoms with Crippen molar-refractivity contribution in [3.63, 3.8) is 0 Å². The zero-order valence-corrected chi connectivity index (χ0v) is 66.7. The molecule has 2 N–H and O–H groups in total. The van der Waals surface area contributed by atoms with Crippen LogP contribution in [0.3, 0.4) is 0 Å². The number of nitrogens with zero attached hydrogens (tertiary/aromatic N) is 8. The van der Waals surface area contributed by atoms with Crippen molar-refractivity contribution in [2.75, 3.05) is 4.93 Å². The van der Waals surface area contributed by atoms with Crippen LogP contribution in [-0.4, -0.2) is 62.0 Å². The molecule has 0 atom stereocenters. The summed E-state index contributed by atoms with van der Waals surface area (Å²) < 4.78 is 0. The first-order chi connectivity index (χ1) is 54.5. The maximum atomic E-state index is 9.77. The Morgan fingerprint density at radius 3 is 1.01 bits per heavy atom. The van der Waals surface area contributed by atoms with Gasteiger partial charge in [0.1, 0.15) is 0 Å². The predicted molar refractivity (Wildman–Crippen MR) is 452 cm³/mol. The van der Waals surface area contributed by atoms with E-state index in [4.69, 9.17) is 41.5 Å². The fraction of sp³-hybridized carbons (Fsp3) is 0.216. The average Bonchev–Trinajstić information content (AvgIpc) is 1.55. The molecule has 10 aliphatic rings. The number of rotatable bonds is 10. The van der Waals surface area contributed by atoms with E-state index >= 15 is 0 Å². The third-order valence-corrected chi connectivity index (χ3v) is 25.7. The van der Waals surface area contributed by atoms with Gasteiger partial charge in [-0.1, -0.05) is 224 Å². The Hall–Kier alpha value is -9.75. The molecule has 14 heteroatoms. The van der Waals surface area contributed by atoms with Crippen LogP contribution in [0.1, 0.15) is 86.5 Å². The molecule has 0 radical (unpaired) electrons. The Morgan fingerprint density at radius 2 is 0.622 bits per heavy atom. The van der Waals surface area contributed by atoms with E-state index in [1.54, 1.807) is 17.3 Å². The Kier molecular flexibility index (Phi) is 19.6. The molecule has 111 heavy (non-hydrogen) atoms. The molecule has 0 unspecified atom stereocenters. The molecule has 546 valence electrons. The number of aromatic nitrogens is 8. The maximum Gasteiger partial charge on any atom is 0.488 e. The number of benzene rings is 10. The third kappa shape index (κ3) is 13.3. The van der Waals surface area contributed by atoms with Gasteiger partial charge in [-0.05, 0) is 238 Å². The minimum atomic E-state index is -1.39. The van der Waals surface area contributed by atoms with E-state index in [1.165, 1.54) is 103 Å². The Labute approximate surface area is 674 Å². The monoisotopic (exact) mass is 1690 g/mol. The minimum absolute atomic E-state index is 0.114. The summed E-state index contributed by atoms with van der Waals surface area (Å²) in [5.74, 6) is 10.3. The molecule has 4 heterocycles. The summed E-state index contributed by atoms with van der Waals surface area (Å²) in [6.07, 6.45) is 21.2. The molecule has 2 spiro atoms. The van der Waals surface area contributed by atoms with Crippen LogP contribution < -0.4 is 22.7 Å². The van der Waals surface area contributed by atoms with Crippen LogP contribution in [0, 0.1) is 47.3 Å². The third-order valence-electron chi connectivity index (χ3n) is 25.5. The summed E-state index contributed by atoms with van der Waals surface area (Å²) in [5, 5.41) is 20.1. The fourth-order valence-electron chi connectivity index (χ4n) is 21.6. The van der Waals surface area contributed by atoms with Gasteiger partial charge in [-0.3, -0.25) is 9.97 Å². The SMILES string of the molecule is C[I-]I.Clc1cc(-c2cccnc2)cc(-c2nc(-c3ccccc3)nc(-c3ccccc3)n2)c1.OB(O)c1ccc2c(c1)C1(c3ccccc3-2)C2CC3CC(C2)CC1C3.c1ccc(-c2nc(-c3ccccc3)nc(-c3cc(-c4cccnc4)cc(-c4ccc5c(c4)C4(c6ccccc6-5)C5CC6CC(C5)CC4C6)c3)n2)cc1. The normalized spacial score (nSPS) is 22.4. The minimum Gasteiger partial charge on any atom is -0.423 e. The van der Waals surface area contributed by atoms with Crippen molar-refractivity contribution in [1.82, 2.24) is 39.9 Å². The molecule has 8 saturated carbocycles.